The Kier molecular flexibility index (Phi) is 5.19. The van der Waals surface area contributed by atoms with Gasteiger partial charge in [0.2, 0.25) is 5.91 Å². The van der Waals surface area contributed by atoms with Gasteiger partial charge in [-0.3, -0.25) is 29.0 Å². The lowest BCUT2D eigenvalue weighted by molar-refractivity contribution is -0.142. The van der Waals surface area contributed by atoms with Crippen LogP contribution in [0, 0.1) is 0 Å². The Bertz CT molecular complexity index is 837. The van der Waals surface area contributed by atoms with Crippen molar-refractivity contribution in [1.82, 2.24) is 9.80 Å². The fourth-order valence-electron chi connectivity index (χ4n) is 2.76. The van der Waals surface area contributed by atoms with Crippen LogP contribution in [0.2, 0.25) is 0 Å². The monoisotopic (exact) mass is 390 g/mol. The summed E-state index contributed by atoms with van der Waals surface area (Å²) in [5, 5.41) is 8.74. The van der Waals surface area contributed by atoms with Gasteiger partial charge in [-0.15, -0.1) is 0 Å². The van der Waals surface area contributed by atoms with Gasteiger partial charge in [0.1, 0.15) is 10.4 Å². The van der Waals surface area contributed by atoms with Gasteiger partial charge in [-0.05, 0) is 11.6 Å². The maximum atomic E-state index is 12.7. The Hall–Kier alpha value is -2.52. The van der Waals surface area contributed by atoms with Crippen molar-refractivity contribution in [2.45, 2.75) is 18.9 Å². The van der Waals surface area contributed by atoms with Crippen molar-refractivity contribution in [2.75, 3.05) is 6.54 Å². The summed E-state index contributed by atoms with van der Waals surface area (Å²) in [5.41, 5.74) is 0.824. The molecule has 1 atom stereocenters. The van der Waals surface area contributed by atoms with Gasteiger partial charge in [-0.1, -0.05) is 54.3 Å². The SMILES string of the molecule is O=C(O)CCN1C(=O)C[C@H](N2C(=O)/C(=C/c3ccccc3)SC2=S)C1=O. The minimum atomic E-state index is -1.11. The van der Waals surface area contributed by atoms with Gasteiger partial charge in [-0.25, -0.2) is 0 Å². The standard InChI is InChI=1S/C17H14N2O5S2/c20-13-9-11(15(23)18(13)7-6-14(21)22)19-16(24)12(26-17(19)25)8-10-4-2-1-3-5-10/h1-5,8,11H,6-7,9H2,(H,21,22)/b12-8-/t11-/m0/s1. The van der Waals surface area contributed by atoms with E-state index in [0.717, 1.165) is 27.1 Å². The zero-order valence-corrected chi connectivity index (χ0v) is 15.1. The Labute approximate surface area is 158 Å². The predicted molar refractivity (Wildman–Crippen MR) is 98.8 cm³/mol. The smallest absolute Gasteiger partial charge is 0.305 e. The maximum absolute atomic E-state index is 12.7. The van der Waals surface area contributed by atoms with E-state index in [1.807, 2.05) is 30.3 Å². The summed E-state index contributed by atoms with van der Waals surface area (Å²) in [6.07, 6.45) is 1.16. The summed E-state index contributed by atoms with van der Waals surface area (Å²) in [6, 6.07) is 8.20. The molecule has 2 fully saturated rings. The number of likely N-dealkylation sites (tertiary alicyclic amines) is 1. The first-order valence-corrected chi connectivity index (χ1v) is 8.99. The Morgan fingerprint density at radius 3 is 2.62 bits per heavy atom. The number of hydrogen-bond acceptors (Lipinski definition) is 6. The molecule has 2 saturated heterocycles. The normalized spacial score (nSPS) is 22.0. The molecule has 0 bridgehead atoms. The van der Waals surface area contributed by atoms with E-state index in [4.69, 9.17) is 17.3 Å². The number of hydrogen-bond donors (Lipinski definition) is 1. The highest BCUT2D eigenvalue weighted by Crippen LogP contribution is 2.36. The number of carbonyl (C=O) groups is 4. The fraction of sp³-hybridized carbons (Fsp3) is 0.235. The van der Waals surface area contributed by atoms with Crippen molar-refractivity contribution >= 4 is 58.1 Å². The highest BCUT2D eigenvalue weighted by molar-refractivity contribution is 8.26. The second-order valence-electron chi connectivity index (χ2n) is 5.71. The summed E-state index contributed by atoms with van der Waals surface area (Å²) in [7, 11) is 0. The first-order chi connectivity index (χ1) is 12.4. The van der Waals surface area contributed by atoms with E-state index < -0.39 is 29.7 Å². The lowest BCUT2D eigenvalue weighted by Crippen LogP contribution is -2.44. The third kappa shape index (κ3) is 3.54. The van der Waals surface area contributed by atoms with E-state index in [2.05, 4.69) is 0 Å². The molecule has 1 aromatic carbocycles. The van der Waals surface area contributed by atoms with E-state index in [0.29, 0.717) is 4.91 Å². The van der Waals surface area contributed by atoms with E-state index in [9.17, 15) is 19.2 Å². The summed E-state index contributed by atoms with van der Waals surface area (Å²) in [5.74, 6) is -2.61. The number of thioether (sulfide) groups is 1. The minimum Gasteiger partial charge on any atom is -0.481 e. The van der Waals surface area contributed by atoms with Crippen LogP contribution in [0.1, 0.15) is 18.4 Å². The van der Waals surface area contributed by atoms with Gasteiger partial charge in [0.25, 0.3) is 11.8 Å². The van der Waals surface area contributed by atoms with Gasteiger partial charge in [0.15, 0.2) is 0 Å². The van der Waals surface area contributed by atoms with Crippen molar-refractivity contribution in [3.8, 4) is 0 Å². The molecule has 0 unspecified atom stereocenters. The molecule has 26 heavy (non-hydrogen) atoms. The molecule has 7 nitrogen and oxygen atoms in total. The minimum absolute atomic E-state index is 0.191. The molecule has 3 rings (SSSR count). The number of benzene rings is 1. The highest BCUT2D eigenvalue weighted by Gasteiger charge is 2.48. The summed E-state index contributed by atoms with van der Waals surface area (Å²) in [4.78, 5) is 50.4. The molecule has 2 aliphatic heterocycles. The molecule has 0 aliphatic carbocycles. The first-order valence-electron chi connectivity index (χ1n) is 7.76. The summed E-state index contributed by atoms with van der Waals surface area (Å²) >= 11 is 6.31. The Morgan fingerprint density at radius 1 is 1.27 bits per heavy atom. The third-order valence-corrected chi connectivity index (χ3v) is 5.33. The van der Waals surface area contributed by atoms with Crippen LogP contribution < -0.4 is 0 Å². The topological polar surface area (TPSA) is 95.0 Å². The van der Waals surface area contributed by atoms with Crippen LogP contribution in [0.25, 0.3) is 6.08 Å². The Balaban J connectivity index is 1.79. The largest absolute Gasteiger partial charge is 0.481 e. The lowest BCUT2D eigenvalue weighted by atomic mass is 10.2. The lowest BCUT2D eigenvalue weighted by Gasteiger charge is -2.21. The molecule has 0 saturated carbocycles. The fourth-order valence-corrected chi connectivity index (χ4v) is 4.12. The molecular formula is C17H14N2O5S2. The number of imide groups is 1. The van der Waals surface area contributed by atoms with Crippen molar-refractivity contribution in [3.63, 3.8) is 0 Å². The van der Waals surface area contributed by atoms with Gasteiger partial charge in [0.05, 0.1) is 17.7 Å². The first kappa shape index (κ1) is 18.3. The van der Waals surface area contributed by atoms with Crippen LogP contribution in [0.15, 0.2) is 35.2 Å². The molecule has 9 heteroatoms. The highest BCUT2D eigenvalue weighted by atomic mass is 32.2. The zero-order chi connectivity index (χ0) is 18.8. The molecule has 0 aromatic heterocycles. The van der Waals surface area contributed by atoms with Crippen molar-refractivity contribution in [3.05, 3.63) is 40.8 Å². The number of carbonyl (C=O) groups excluding carboxylic acids is 3. The summed E-state index contributed by atoms with van der Waals surface area (Å²) in [6.45, 7) is -0.210. The molecule has 0 radical (unpaired) electrons. The van der Waals surface area contributed by atoms with Crippen LogP contribution >= 0.6 is 24.0 Å². The zero-order valence-electron chi connectivity index (χ0n) is 13.5. The van der Waals surface area contributed by atoms with Crippen molar-refractivity contribution in [2.24, 2.45) is 0 Å². The molecule has 134 valence electrons. The van der Waals surface area contributed by atoms with E-state index >= 15 is 0 Å². The number of aliphatic carboxylic acids is 1. The van der Waals surface area contributed by atoms with Gasteiger partial charge in [-0.2, -0.15) is 0 Å². The van der Waals surface area contributed by atoms with Gasteiger partial charge < -0.3 is 5.11 Å². The van der Waals surface area contributed by atoms with Crippen LogP contribution in [0.3, 0.4) is 0 Å². The molecule has 2 aliphatic rings. The molecule has 3 amide bonds. The Morgan fingerprint density at radius 2 is 1.96 bits per heavy atom. The predicted octanol–water partition coefficient (Wildman–Crippen LogP) is 1.49. The maximum Gasteiger partial charge on any atom is 0.305 e. The molecule has 1 aromatic rings. The quantitative estimate of drug-likeness (QED) is 0.462. The number of carboxylic acid groups (broad SMARTS) is 1. The van der Waals surface area contributed by atoms with Gasteiger partial charge in [0, 0.05) is 6.54 Å². The molecule has 1 N–H and O–H groups in total. The average Bonchev–Trinajstić information content (AvgIpc) is 3.02. The number of rotatable bonds is 5. The van der Waals surface area contributed by atoms with Gasteiger partial charge >= 0.3 is 5.97 Å². The van der Waals surface area contributed by atoms with Crippen molar-refractivity contribution in [1.29, 1.82) is 0 Å². The molecular weight excluding hydrogens is 376 g/mol. The van der Waals surface area contributed by atoms with E-state index in [1.165, 1.54) is 0 Å². The van der Waals surface area contributed by atoms with E-state index in [1.54, 1.807) is 6.08 Å². The van der Waals surface area contributed by atoms with Crippen LogP contribution in [-0.4, -0.2) is 55.5 Å². The average molecular weight is 390 g/mol. The molecule has 0 spiro atoms. The van der Waals surface area contributed by atoms with Crippen LogP contribution in [0.4, 0.5) is 0 Å². The van der Waals surface area contributed by atoms with Crippen molar-refractivity contribution < 1.29 is 24.3 Å². The van der Waals surface area contributed by atoms with Crippen LogP contribution in [0.5, 0.6) is 0 Å². The second-order valence-corrected chi connectivity index (χ2v) is 7.39. The number of thiocarbonyl (C=S) groups is 1. The second kappa shape index (κ2) is 7.38. The number of carboxylic acids is 1. The number of amides is 3. The van der Waals surface area contributed by atoms with Crippen LogP contribution in [-0.2, 0) is 19.2 Å². The molecule has 2 heterocycles. The van der Waals surface area contributed by atoms with E-state index in [-0.39, 0.29) is 23.7 Å². The third-order valence-electron chi connectivity index (χ3n) is 4.00. The number of nitrogens with zero attached hydrogens (tertiary/aromatic N) is 2. The summed E-state index contributed by atoms with van der Waals surface area (Å²) < 4.78 is 0.211.